The van der Waals surface area contributed by atoms with Gasteiger partial charge in [-0.1, -0.05) is 277 Å². The molecule has 16 aromatic carbocycles. The lowest BCUT2D eigenvalue weighted by Gasteiger charge is -2.16. The van der Waals surface area contributed by atoms with Crippen molar-refractivity contribution in [2.45, 2.75) is 0 Å². The van der Waals surface area contributed by atoms with Crippen molar-refractivity contribution >= 4 is 56.2 Å². The maximum Gasteiger partial charge on any atom is 0.195 e. The highest BCUT2D eigenvalue weighted by molar-refractivity contribution is 6.60. The molecule has 16 aromatic rings. The van der Waals surface area contributed by atoms with Crippen molar-refractivity contribution in [2.24, 2.45) is 0 Å². The fourth-order valence-electron chi connectivity index (χ4n) is 15.1. The first-order valence-electron chi connectivity index (χ1n) is 41.9. The molecule has 0 N–H and O–H groups in total. The van der Waals surface area contributed by atoms with Crippen molar-refractivity contribution in [3.63, 3.8) is 0 Å². The van der Waals surface area contributed by atoms with E-state index in [2.05, 4.69) is 94.7 Å². The van der Waals surface area contributed by atoms with Gasteiger partial charge in [0.25, 0.3) is 0 Å². The van der Waals surface area contributed by atoms with E-state index >= 15 is 9.59 Å². The standard InChI is InChI=1S/C65H36O.C61H36O3/c1-3-47-33-37-57(38-34-47)63-61(59-43-53(29-25-49-17-9-5-10-18-49)41-54(44-59)30-26-50-19-11-6-12-20-50)62(64(65(63)66)58-39-35-48(4-2)36-40-58)60-45-55(31-27-51-21-13-7-14-22-51)42-56(46-60)32-28-52-23-15-8-16-24-52;1-3-43-19-27-51(28-20-43)59-57(49-31-39-55(40-32-49)63-53-35-23-47(24-36-53)17-15-45-11-7-5-8-12-45)58(60(61(59)62)52-29-21-44(4-2)22-30-52)50-33-41-56(42-34-50)64-54-37-25-48(26-38-54)18-16-46-13-9-6-10-14-46/h1-2,5-24,33-46H;1-2,5-14,19-42H. The van der Waals surface area contributed by atoms with Crippen molar-refractivity contribution in [1.29, 1.82) is 0 Å². The molecule has 0 fully saturated rings. The zero-order valence-corrected chi connectivity index (χ0v) is 70.2. The van der Waals surface area contributed by atoms with Gasteiger partial charge in [0.15, 0.2) is 11.6 Å². The molecule has 0 atom stereocenters. The van der Waals surface area contributed by atoms with E-state index < -0.39 is 0 Å². The Bertz CT molecular complexity index is 7150. The van der Waals surface area contributed by atoms with Gasteiger partial charge in [0.05, 0.1) is 0 Å². The summed E-state index contributed by atoms with van der Waals surface area (Å²) >= 11 is 0. The summed E-state index contributed by atoms with van der Waals surface area (Å²) in [5.74, 6) is 53.1. The van der Waals surface area contributed by atoms with Gasteiger partial charge in [-0.15, -0.1) is 25.7 Å². The second kappa shape index (κ2) is 39.9. The van der Waals surface area contributed by atoms with Gasteiger partial charge in [0.2, 0.25) is 0 Å². The summed E-state index contributed by atoms with van der Waals surface area (Å²) < 4.78 is 12.6. The molecule has 0 bridgehead atoms. The van der Waals surface area contributed by atoms with Crippen molar-refractivity contribution in [1.82, 2.24) is 0 Å². The molecule has 4 heteroatoms. The van der Waals surface area contributed by atoms with Gasteiger partial charge in [0.1, 0.15) is 23.0 Å². The van der Waals surface area contributed by atoms with Crippen molar-refractivity contribution in [3.8, 4) is 143 Å². The highest BCUT2D eigenvalue weighted by Crippen LogP contribution is 2.53. The average molecular weight is 1650 g/mol. The third kappa shape index (κ3) is 20.2. The van der Waals surface area contributed by atoms with Crippen molar-refractivity contribution in [2.75, 3.05) is 0 Å². The number of carbonyl (C=O) groups is 2. The van der Waals surface area contributed by atoms with Crippen LogP contribution < -0.4 is 9.47 Å². The summed E-state index contributed by atoms with van der Waals surface area (Å²) in [5, 5.41) is 0. The van der Waals surface area contributed by atoms with Gasteiger partial charge in [0, 0.05) is 134 Å². The Morgan fingerprint density at radius 2 is 0.300 bits per heavy atom. The van der Waals surface area contributed by atoms with Crippen LogP contribution in [0.2, 0.25) is 0 Å². The molecule has 18 rings (SSSR count). The average Bonchev–Trinajstić information content (AvgIpc) is 1.59. The lowest BCUT2D eigenvalue weighted by molar-refractivity contribution is -0.109. The molecule has 4 nitrogen and oxygen atoms in total. The van der Waals surface area contributed by atoms with Crippen LogP contribution in [0, 0.1) is 120 Å². The molecule has 0 unspecified atom stereocenters. The van der Waals surface area contributed by atoms with E-state index in [0.29, 0.717) is 78.7 Å². The minimum atomic E-state index is -0.155. The molecule has 0 saturated carbocycles. The van der Waals surface area contributed by atoms with Crippen LogP contribution >= 0.6 is 0 Å². The predicted octanol–water partition coefficient (Wildman–Crippen LogP) is 25.5. The number of Topliss-reactive ketones (excluding diaryl/α,β-unsaturated/α-hetero) is 2. The van der Waals surface area contributed by atoms with E-state index in [0.717, 1.165) is 122 Å². The van der Waals surface area contributed by atoms with Gasteiger partial charge >= 0.3 is 0 Å². The number of benzene rings is 16. The van der Waals surface area contributed by atoms with Crippen LogP contribution in [0.1, 0.15) is 134 Å². The summed E-state index contributed by atoms with van der Waals surface area (Å²) in [6.07, 6.45) is 23.2. The number of allylic oxidation sites excluding steroid dienone is 8. The molecule has 2 aliphatic carbocycles. The number of carbonyl (C=O) groups excluding carboxylic acids is 2. The van der Waals surface area contributed by atoms with Crippen LogP contribution in [-0.2, 0) is 9.59 Å². The second-order valence-electron chi connectivity index (χ2n) is 30.1. The van der Waals surface area contributed by atoms with Crippen LogP contribution in [0.4, 0.5) is 0 Å². The normalized spacial score (nSPS) is 11.5. The lowest BCUT2D eigenvalue weighted by Crippen LogP contribution is -2.02. The molecule has 0 saturated heterocycles. The van der Waals surface area contributed by atoms with E-state index in [9.17, 15) is 0 Å². The van der Waals surface area contributed by atoms with Crippen LogP contribution in [-0.4, -0.2) is 11.6 Å². The molecule has 0 aromatic heterocycles. The Kier molecular flexibility index (Phi) is 25.6. The fraction of sp³-hybridized carbons (Fsp3) is 0. The van der Waals surface area contributed by atoms with Gasteiger partial charge in [-0.25, -0.2) is 0 Å². The Morgan fingerprint density at radius 3 is 0.500 bits per heavy atom. The van der Waals surface area contributed by atoms with Crippen LogP contribution in [0.15, 0.2) is 413 Å². The summed E-state index contributed by atoms with van der Waals surface area (Å²) in [6, 6.07) is 133. The number of ketones is 2. The summed E-state index contributed by atoms with van der Waals surface area (Å²) in [7, 11) is 0. The molecular weight excluding hydrogens is 1580 g/mol. The number of hydrogen-bond acceptors (Lipinski definition) is 4. The molecular formula is C126H72O4. The van der Waals surface area contributed by atoms with E-state index in [1.165, 1.54) is 0 Å². The summed E-state index contributed by atoms with van der Waals surface area (Å²) in [5.41, 5.74) is 24.2. The first-order valence-corrected chi connectivity index (χ1v) is 41.9. The van der Waals surface area contributed by atoms with E-state index in [-0.39, 0.29) is 11.6 Å². The van der Waals surface area contributed by atoms with Gasteiger partial charge < -0.3 is 9.47 Å². The molecule has 600 valence electrons. The number of ether oxygens (including phenoxy) is 2. The third-order valence-electron chi connectivity index (χ3n) is 21.4. The number of terminal acetylenes is 4. The highest BCUT2D eigenvalue weighted by atomic mass is 16.5. The Morgan fingerprint density at radius 1 is 0.146 bits per heavy atom. The maximum absolute atomic E-state index is 15.7. The Hall–Kier alpha value is -19.0. The van der Waals surface area contributed by atoms with E-state index in [4.69, 9.17) is 35.2 Å². The maximum atomic E-state index is 15.7. The molecule has 0 aliphatic heterocycles. The Balaban J connectivity index is 0.000000182. The van der Waals surface area contributed by atoms with E-state index in [1.54, 1.807) is 0 Å². The van der Waals surface area contributed by atoms with Gasteiger partial charge in [-0.2, -0.15) is 0 Å². The first kappa shape index (κ1) is 83.3. The topological polar surface area (TPSA) is 52.6 Å². The first-order chi connectivity index (χ1) is 64.0. The third-order valence-corrected chi connectivity index (χ3v) is 21.4. The second-order valence-corrected chi connectivity index (χ2v) is 30.1. The van der Waals surface area contributed by atoms with Crippen molar-refractivity contribution in [3.05, 3.63) is 546 Å². The van der Waals surface area contributed by atoms with Gasteiger partial charge in [-0.05, 0) is 275 Å². The van der Waals surface area contributed by atoms with Crippen LogP contribution in [0.3, 0.4) is 0 Å². The molecule has 0 heterocycles. The van der Waals surface area contributed by atoms with E-state index in [1.807, 2.05) is 413 Å². The number of rotatable bonds is 12. The predicted molar refractivity (Wildman–Crippen MR) is 528 cm³/mol. The van der Waals surface area contributed by atoms with Crippen LogP contribution in [0.5, 0.6) is 23.0 Å². The molecule has 130 heavy (non-hydrogen) atoms. The smallest absolute Gasteiger partial charge is 0.195 e. The van der Waals surface area contributed by atoms with Crippen LogP contribution in [0.25, 0.3) is 44.6 Å². The zero-order chi connectivity index (χ0) is 88.8. The minimum Gasteiger partial charge on any atom is -0.457 e. The molecule has 0 amide bonds. The molecule has 0 spiro atoms. The largest absolute Gasteiger partial charge is 0.457 e. The Labute approximate surface area is 759 Å². The van der Waals surface area contributed by atoms with Crippen molar-refractivity contribution < 1.29 is 19.1 Å². The lowest BCUT2D eigenvalue weighted by atomic mass is 9.86. The number of hydrogen-bond donors (Lipinski definition) is 0. The molecule has 2 aliphatic rings. The zero-order valence-electron chi connectivity index (χ0n) is 70.2. The fourth-order valence-corrected chi connectivity index (χ4v) is 15.1. The van der Waals surface area contributed by atoms with Gasteiger partial charge in [-0.3, -0.25) is 9.59 Å². The SMILES string of the molecule is C#Cc1ccc(C2=C(c3cc(C#Cc4ccccc4)cc(C#Cc4ccccc4)c3)C(c3cc(C#Cc4ccccc4)cc(C#Cc4ccccc4)c3)=C(c3ccc(C#C)cc3)C2=O)cc1.C#Cc1ccc(C2=C(c3ccc(Oc4ccc(C#Cc5ccccc5)cc4)cc3)C(c3ccc(Oc4ccc(C#Cc5ccccc5)cc4)cc3)=C(c3ccc(C#C)cc3)C2=O)cc1. The quantitative estimate of drug-likeness (QED) is 0.114. The monoisotopic (exact) mass is 1650 g/mol. The summed E-state index contributed by atoms with van der Waals surface area (Å²) in [4.78, 5) is 30.7. The minimum absolute atomic E-state index is 0.113. The molecule has 0 radical (unpaired) electrons. The highest BCUT2D eigenvalue weighted by Gasteiger charge is 2.38. The summed E-state index contributed by atoms with van der Waals surface area (Å²) in [6.45, 7) is 0.